The van der Waals surface area contributed by atoms with Gasteiger partial charge in [0.1, 0.15) is 0 Å². The van der Waals surface area contributed by atoms with Crippen LogP contribution in [0.5, 0.6) is 0 Å². The lowest BCUT2D eigenvalue weighted by Crippen LogP contribution is -2.34. The first kappa shape index (κ1) is 13.3. The third-order valence-electron chi connectivity index (χ3n) is 1.84. The Morgan fingerprint density at radius 1 is 1.33 bits per heavy atom. The van der Waals surface area contributed by atoms with Crippen LogP contribution in [-0.4, -0.2) is 47.8 Å². The average molecular weight is 260 g/mol. The first-order valence-corrected chi connectivity index (χ1v) is 7.37. The summed E-state index contributed by atoms with van der Waals surface area (Å²) in [5.41, 5.74) is 0. The van der Waals surface area contributed by atoms with E-state index in [0.29, 0.717) is 13.2 Å². The third-order valence-corrected chi connectivity index (χ3v) is 5.26. The van der Waals surface area contributed by atoms with E-state index >= 15 is 0 Å². The summed E-state index contributed by atoms with van der Waals surface area (Å²) in [6.07, 6.45) is 0. The molecule has 1 heterocycles. The number of morpholine rings is 1. The van der Waals surface area contributed by atoms with Gasteiger partial charge in [-0.3, -0.25) is 0 Å². The lowest BCUT2D eigenvalue weighted by molar-refractivity contribution is 0.0614. The normalized spacial score (nSPS) is 26.9. The molecule has 0 saturated carbocycles. The average Bonchev–Trinajstić information content (AvgIpc) is 2.18. The topological polar surface area (TPSA) is 108 Å². The lowest BCUT2D eigenvalue weighted by atomic mass is 10.5. The summed E-state index contributed by atoms with van der Waals surface area (Å²) in [4.78, 5) is 18.5. The number of rotatable bonds is 4. The second-order valence-electron chi connectivity index (χ2n) is 2.88. The highest BCUT2D eigenvalue weighted by Crippen LogP contribution is 2.58. The quantitative estimate of drug-likeness (QED) is 0.594. The van der Waals surface area contributed by atoms with Crippen LogP contribution in [0.15, 0.2) is 0 Å². The Bertz CT molecular complexity index is 304. The lowest BCUT2D eigenvalue weighted by Gasteiger charge is -2.30. The van der Waals surface area contributed by atoms with Gasteiger partial charge in [-0.25, -0.2) is 23.2 Å². The largest absolute Gasteiger partial charge is 0.413 e. The van der Waals surface area contributed by atoms with Crippen molar-refractivity contribution in [2.45, 2.75) is 0 Å². The van der Waals surface area contributed by atoms with Crippen molar-refractivity contribution in [3.8, 4) is 0 Å². The summed E-state index contributed by atoms with van der Waals surface area (Å²) in [6.45, 7) is 0.974. The van der Waals surface area contributed by atoms with Gasteiger partial charge in [-0.15, -0.1) is 0 Å². The van der Waals surface area contributed by atoms with Gasteiger partial charge < -0.3 is 14.5 Å². The Morgan fingerprint density at radius 2 is 1.87 bits per heavy atom. The molecule has 0 aromatic heterocycles. The van der Waals surface area contributed by atoms with Crippen molar-refractivity contribution in [1.29, 1.82) is 0 Å². The molecule has 15 heavy (non-hydrogen) atoms. The molecule has 8 nitrogen and oxygen atoms in total. The first-order chi connectivity index (χ1) is 6.87. The van der Waals surface area contributed by atoms with Crippen LogP contribution < -0.4 is 5.09 Å². The molecule has 10 heteroatoms. The highest BCUT2D eigenvalue weighted by molar-refractivity contribution is 7.64. The van der Waals surface area contributed by atoms with Crippen molar-refractivity contribution < 1.29 is 28.0 Å². The Balaban J connectivity index is 2.65. The second kappa shape index (κ2) is 5.03. The summed E-state index contributed by atoms with van der Waals surface area (Å²) in [5, 5.41) is 1.94. The van der Waals surface area contributed by atoms with Crippen LogP contribution in [0.3, 0.4) is 0 Å². The Morgan fingerprint density at radius 3 is 2.33 bits per heavy atom. The number of ether oxygens (including phenoxy) is 1. The minimum atomic E-state index is -4.23. The molecule has 2 atom stereocenters. The van der Waals surface area contributed by atoms with Gasteiger partial charge in [0.2, 0.25) is 0 Å². The zero-order chi connectivity index (χ0) is 11.5. The zero-order valence-corrected chi connectivity index (χ0v) is 9.99. The van der Waals surface area contributed by atoms with Crippen LogP contribution in [0, 0.1) is 0 Å². The summed E-state index contributed by atoms with van der Waals surface area (Å²) < 4.78 is 33.0. The van der Waals surface area contributed by atoms with Gasteiger partial charge in [0, 0.05) is 13.1 Å². The molecule has 90 valence electrons. The number of hydrogen-bond acceptors (Lipinski definition) is 4. The molecule has 0 spiro atoms. The smallest absolute Gasteiger partial charge is 0.379 e. The maximum absolute atomic E-state index is 11.6. The monoisotopic (exact) mass is 260 g/mol. The van der Waals surface area contributed by atoms with Crippen molar-refractivity contribution in [3.05, 3.63) is 0 Å². The first-order valence-electron chi connectivity index (χ1n) is 4.26. The van der Waals surface area contributed by atoms with E-state index in [1.54, 1.807) is 0 Å². The third kappa shape index (κ3) is 3.94. The van der Waals surface area contributed by atoms with E-state index in [1.165, 1.54) is 7.05 Å². The fourth-order valence-electron chi connectivity index (χ4n) is 1.04. The predicted octanol–water partition coefficient (Wildman–Crippen LogP) is -0.245. The summed E-state index contributed by atoms with van der Waals surface area (Å²) in [7, 11) is -7.27. The number of hydrogen-bond donors (Lipinski definition) is 3. The highest BCUT2D eigenvalue weighted by atomic mass is 31.3. The molecule has 0 aromatic rings. The molecule has 3 N–H and O–H groups in total. The SMILES string of the molecule is CNP(=O)(O)OP(=O)(O)N1CCOCC1. The van der Waals surface area contributed by atoms with Gasteiger partial charge in [-0.05, 0) is 7.05 Å². The second-order valence-corrected chi connectivity index (χ2v) is 6.57. The Kier molecular flexibility index (Phi) is 4.46. The van der Waals surface area contributed by atoms with Crippen LogP contribution in [0.4, 0.5) is 0 Å². The fourth-order valence-corrected chi connectivity index (χ4v) is 3.60. The van der Waals surface area contributed by atoms with Gasteiger partial charge in [-0.1, -0.05) is 0 Å². The van der Waals surface area contributed by atoms with Crippen LogP contribution in [-0.2, 0) is 18.2 Å². The van der Waals surface area contributed by atoms with Gasteiger partial charge in [-0.2, -0.15) is 0 Å². The highest BCUT2D eigenvalue weighted by Gasteiger charge is 2.37. The molecule has 0 bridgehead atoms. The molecular weight excluding hydrogens is 246 g/mol. The van der Waals surface area contributed by atoms with Crippen molar-refractivity contribution in [1.82, 2.24) is 9.76 Å². The van der Waals surface area contributed by atoms with Crippen molar-refractivity contribution in [2.75, 3.05) is 33.4 Å². The van der Waals surface area contributed by atoms with E-state index < -0.39 is 15.5 Å². The predicted molar refractivity (Wildman–Crippen MR) is 52.2 cm³/mol. The van der Waals surface area contributed by atoms with Crippen LogP contribution >= 0.6 is 15.5 Å². The van der Waals surface area contributed by atoms with Crippen molar-refractivity contribution in [3.63, 3.8) is 0 Å². The summed E-state index contributed by atoms with van der Waals surface area (Å²) in [6, 6.07) is 0. The van der Waals surface area contributed by atoms with Crippen LogP contribution in [0.25, 0.3) is 0 Å². The van der Waals surface area contributed by atoms with E-state index in [-0.39, 0.29) is 13.1 Å². The summed E-state index contributed by atoms with van der Waals surface area (Å²) >= 11 is 0. The molecular formula is C5H14N2O6P2. The molecule has 1 aliphatic heterocycles. The Labute approximate surface area is 87.4 Å². The van der Waals surface area contributed by atoms with E-state index in [1.807, 2.05) is 5.09 Å². The van der Waals surface area contributed by atoms with Gasteiger partial charge >= 0.3 is 15.5 Å². The standard InChI is InChI=1S/C5H14N2O6P2/c1-6-14(8,9)13-15(10,11)7-2-4-12-5-3-7/h2-5H2,1H3,(H,10,11)(H2,6,8,9). The molecule has 1 rings (SSSR count). The molecule has 0 aliphatic carbocycles. The minimum absolute atomic E-state index is 0.192. The zero-order valence-electron chi connectivity index (χ0n) is 8.20. The fraction of sp³-hybridized carbons (Fsp3) is 1.00. The molecule has 0 aromatic carbocycles. The van der Waals surface area contributed by atoms with Gasteiger partial charge in [0.15, 0.2) is 0 Å². The number of nitrogens with zero attached hydrogens (tertiary/aromatic N) is 1. The maximum Gasteiger partial charge on any atom is 0.413 e. The van der Waals surface area contributed by atoms with Crippen molar-refractivity contribution in [2.24, 2.45) is 0 Å². The van der Waals surface area contributed by atoms with Crippen LogP contribution in [0.2, 0.25) is 0 Å². The van der Waals surface area contributed by atoms with Crippen LogP contribution in [0.1, 0.15) is 0 Å². The molecule has 0 radical (unpaired) electrons. The van der Waals surface area contributed by atoms with E-state index in [9.17, 15) is 14.0 Å². The van der Waals surface area contributed by atoms with Crippen molar-refractivity contribution >= 4 is 15.5 Å². The number of nitrogens with one attached hydrogen (secondary N) is 1. The minimum Gasteiger partial charge on any atom is -0.379 e. The van der Waals surface area contributed by atoms with E-state index in [2.05, 4.69) is 4.31 Å². The maximum atomic E-state index is 11.6. The molecule has 2 unspecified atom stereocenters. The molecule has 0 amide bonds. The Hall–Kier alpha value is 0.220. The molecule has 1 fully saturated rings. The van der Waals surface area contributed by atoms with Gasteiger partial charge in [0.05, 0.1) is 13.2 Å². The van der Waals surface area contributed by atoms with Gasteiger partial charge in [0.25, 0.3) is 0 Å². The van der Waals surface area contributed by atoms with E-state index in [0.717, 1.165) is 4.67 Å². The summed E-state index contributed by atoms with van der Waals surface area (Å²) in [5.74, 6) is 0. The molecule has 1 saturated heterocycles. The molecule has 1 aliphatic rings. The van der Waals surface area contributed by atoms with E-state index in [4.69, 9.17) is 9.63 Å².